The number of nitrogens with zero attached hydrogens (tertiary/aromatic N) is 2. The van der Waals surface area contributed by atoms with E-state index < -0.39 is 17.2 Å². The van der Waals surface area contributed by atoms with E-state index in [1.165, 1.54) is 5.56 Å². The number of aryl methyl sites for hydroxylation is 2. The quantitative estimate of drug-likeness (QED) is 0.834. The van der Waals surface area contributed by atoms with Crippen LogP contribution in [0.3, 0.4) is 0 Å². The fourth-order valence-corrected chi connectivity index (χ4v) is 2.36. The van der Waals surface area contributed by atoms with Gasteiger partial charge in [0.15, 0.2) is 0 Å². The number of primary amides is 1. The lowest BCUT2D eigenvalue weighted by atomic mass is 10.1. The number of benzene rings is 1. The zero-order chi connectivity index (χ0) is 16.3. The van der Waals surface area contributed by atoms with Crippen LogP contribution in [0.4, 0.5) is 4.79 Å². The Labute approximate surface area is 131 Å². The van der Waals surface area contributed by atoms with E-state index in [2.05, 4.69) is 10.2 Å². The molecule has 0 aliphatic carbocycles. The Balaban J connectivity index is 2.09. The van der Waals surface area contributed by atoms with Gasteiger partial charge in [-0.05, 0) is 44.0 Å². The molecule has 1 aromatic heterocycles. The molecule has 0 fully saturated rings. The summed E-state index contributed by atoms with van der Waals surface area (Å²) in [7, 11) is 0. The summed E-state index contributed by atoms with van der Waals surface area (Å²) in [4.78, 5) is 22.2. The van der Waals surface area contributed by atoms with E-state index in [4.69, 9.17) is 10.2 Å². The van der Waals surface area contributed by atoms with Crippen molar-refractivity contribution >= 4 is 23.7 Å². The lowest BCUT2D eigenvalue weighted by Gasteiger charge is -2.06. The van der Waals surface area contributed by atoms with Crippen LogP contribution in [-0.2, 0) is 4.79 Å². The molecular formula is C14H16N4O3S. The van der Waals surface area contributed by atoms with Crippen LogP contribution in [0.1, 0.15) is 18.1 Å². The zero-order valence-electron chi connectivity index (χ0n) is 12.4. The molecule has 0 radical (unpaired) electrons. The topological polar surface area (TPSA) is 111 Å². The van der Waals surface area contributed by atoms with Gasteiger partial charge in [-0.15, -0.1) is 10.2 Å². The van der Waals surface area contributed by atoms with Crippen molar-refractivity contribution in [1.82, 2.24) is 15.5 Å². The molecule has 116 valence electrons. The molecule has 1 aromatic carbocycles. The van der Waals surface area contributed by atoms with Crippen molar-refractivity contribution in [3.05, 3.63) is 29.3 Å². The fourth-order valence-electron chi connectivity index (χ4n) is 1.68. The number of rotatable bonds is 4. The normalized spacial score (nSPS) is 12.0. The summed E-state index contributed by atoms with van der Waals surface area (Å²) in [5.41, 5.74) is 8.02. The van der Waals surface area contributed by atoms with Gasteiger partial charge >= 0.3 is 6.03 Å². The number of carbonyl (C=O) groups is 2. The van der Waals surface area contributed by atoms with Gasteiger partial charge in [-0.2, -0.15) is 0 Å². The summed E-state index contributed by atoms with van der Waals surface area (Å²) in [6, 6.07) is 4.94. The van der Waals surface area contributed by atoms with Gasteiger partial charge in [-0.3, -0.25) is 10.1 Å². The average Bonchev–Trinajstić information content (AvgIpc) is 2.89. The molecule has 1 heterocycles. The van der Waals surface area contributed by atoms with E-state index in [-0.39, 0.29) is 5.22 Å². The molecule has 0 saturated carbocycles. The molecular weight excluding hydrogens is 304 g/mol. The maximum Gasteiger partial charge on any atom is 0.318 e. The van der Waals surface area contributed by atoms with Crippen LogP contribution in [0, 0.1) is 13.8 Å². The predicted molar refractivity (Wildman–Crippen MR) is 82.3 cm³/mol. The van der Waals surface area contributed by atoms with E-state index in [1.807, 2.05) is 37.4 Å². The maximum absolute atomic E-state index is 11.6. The highest BCUT2D eigenvalue weighted by Gasteiger charge is 2.19. The van der Waals surface area contributed by atoms with E-state index in [0.29, 0.717) is 5.89 Å². The number of hydrogen-bond donors (Lipinski definition) is 2. The standard InChI is InChI=1S/C14H16N4O3S/c1-7-4-5-10(6-8(7)2)12-17-18-14(21-12)22-9(3)11(19)16-13(15)20/h4-6,9H,1-3H3,(H3,15,16,19,20). The monoisotopic (exact) mass is 320 g/mol. The number of urea groups is 1. The number of carbonyl (C=O) groups excluding carboxylic acids is 2. The summed E-state index contributed by atoms with van der Waals surface area (Å²) < 4.78 is 5.53. The lowest BCUT2D eigenvalue weighted by molar-refractivity contribution is -0.119. The molecule has 0 aliphatic heterocycles. The highest BCUT2D eigenvalue weighted by molar-refractivity contribution is 8.00. The molecule has 0 saturated heterocycles. The first-order valence-electron chi connectivity index (χ1n) is 6.55. The largest absolute Gasteiger partial charge is 0.411 e. The number of aromatic nitrogens is 2. The van der Waals surface area contributed by atoms with Crippen molar-refractivity contribution in [1.29, 1.82) is 0 Å². The smallest absolute Gasteiger partial charge is 0.318 e. The number of thioether (sulfide) groups is 1. The van der Waals surface area contributed by atoms with E-state index in [9.17, 15) is 9.59 Å². The maximum atomic E-state index is 11.6. The Hall–Kier alpha value is -2.35. The zero-order valence-corrected chi connectivity index (χ0v) is 13.2. The second-order valence-corrected chi connectivity index (χ2v) is 6.08. The molecule has 7 nitrogen and oxygen atoms in total. The molecule has 2 rings (SSSR count). The number of nitrogens with one attached hydrogen (secondary N) is 1. The van der Waals surface area contributed by atoms with E-state index in [1.54, 1.807) is 6.92 Å². The first-order chi connectivity index (χ1) is 10.4. The van der Waals surface area contributed by atoms with Gasteiger partial charge in [0.1, 0.15) is 0 Å². The fraction of sp³-hybridized carbons (Fsp3) is 0.286. The number of imide groups is 1. The van der Waals surface area contributed by atoms with Crippen LogP contribution in [0.5, 0.6) is 0 Å². The second kappa shape index (κ2) is 6.61. The van der Waals surface area contributed by atoms with Crippen LogP contribution in [-0.4, -0.2) is 27.4 Å². The minimum Gasteiger partial charge on any atom is -0.411 e. The average molecular weight is 320 g/mol. The van der Waals surface area contributed by atoms with Gasteiger partial charge in [0, 0.05) is 5.56 Å². The Bertz CT molecular complexity index is 714. The third-order valence-electron chi connectivity index (χ3n) is 3.05. The molecule has 0 aliphatic rings. The summed E-state index contributed by atoms with van der Waals surface area (Å²) in [6.45, 7) is 5.64. The van der Waals surface area contributed by atoms with Crippen LogP contribution in [0.25, 0.3) is 11.5 Å². The molecule has 0 spiro atoms. The van der Waals surface area contributed by atoms with Gasteiger partial charge < -0.3 is 10.2 Å². The number of nitrogens with two attached hydrogens (primary N) is 1. The summed E-state index contributed by atoms with van der Waals surface area (Å²) in [5.74, 6) is -0.128. The number of hydrogen-bond acceptors (Lipinski definition) is 6. The molecule has 22 heavy (non-hydrogen) atoms. The van der Waals surface area contributed by atoms with Gasteiger partial charge in [-0.1, -0.05) is 17.8 Å². The molecule has 1 atom stereocenters. The van der Waals surface area contributed by atoms with Gasteiger partial charge in [0.05, 0.1) is 5.25 Å². The third-order valence-corrected chi connectivity index (χ3v) is 3.99. The predicted octanol–water partition coefficient (Wildman–Crippen LogP) is 2.03. The summed E-state index contributed by atoms with van der Waals surface area (Å²) >= 11 is 1.06. The first-order valence-corrected chi connectivity index (χ1v) is 7.43. The Morgan fingerprint density at radius 3 is 2.64 bits per heavy atom. The minimum atomic E-state index is -0.890. The minimum absolute atomic E-state index is 0.250. The lowest BCUT2D eigenvalue weighted by Crippen LogP contribution is -2.39. The summed E-state index contributed by atoms with van der Waals surface area (Å²) in [6.07, 6.45) is 0. The van der Waals surface area contributed by atoms with Crippen LogP contribution >= 0.6 is 11.8 Å². The molecule has 3 N–H and O–H groups in total. The highest BCUT2D eigenvalue weighted by Crippen LogP contribution is 2.27. The Kier molecular flexibility index (Phi) is 4.81. The molecule has 3 amide bonds. The van der Waals surface area contributed by atoms with Crippen molar-refractivity contribution in [3.63, 3.8) is 0 Å². The van der Waals surface area contributed by atoms with Crippen LogP contribution < -0.4 is 11.1 Å². The molecule has 8 heteroatoms. The Morgan fingerprint density at radius 1 is 1.27 bits per heavy atom. The van der Waals surface area contributed by atoms with Crippen LogP contribution in [0.2, 0.25) is 0 Å². The van der Waals surface area contributed by atoms with Crippen molar-refractivity contribution in [2.24, 2.45) is 5.73 Å². The van der Waals surface area contributed by atoms with E-state index in [0.717, 1.165) is 22.9 Å². The third kappa shape index (κ3) is 3.85. The van der Waals surface area contributed by atoms with Gasteiger partial charge in [0.2, 0.25) is 11.8 Å². The van der Waals surface area contributed by atoms with Gasteiger partial charge in [0.25, 0.3) is 5.22 Å². The van der Waals surface area contributed by atoms with Crippen molar-refractivity contribution in [2.45, 2.75) is 31.2 Å². The van der Waals surface area contributed by atoms with Crippen molar-refractivity contribution < 1.29 is 14.0 Å². The van der Waals surface area contributed by atoms with Crippen molar-refractivity contribution in [2.75, 3.05) is 0 Å². The van der Waals surface area contributed by atoms with Crippen LogP contribution in [0.15, 0.2) is 27.8 Å². The summed E-state index contributed by atoms with van der Waals surface area (Å²) in [5, 5.41) is 9.54. The number of amides is 3. The Morgan fingerprint density at radius 2 is 2.00 bits per heavy atom. The molecule has 1 unspecified atom stereocenters. The van der Waals surface area contributed by atoms with Crippen molar-refractivity contribution in [3.8, 4) is 11.5 Å². The molecule has 0 bridgehead atoms. The van der Waals surface area contributed by atoms with E-state index >= 15 is 0 Å². The first kappa shape index (κ1) is 16.0. The second-order valence-electron chi connectivity index (χ2n) is 4.79. The molecule has 2 aromatic rings. The van der Waals surface area contributed by atoms with Gasteiger partial charge in [-0.25, -0.2) is 4.79 Å². The SMILES string of the molecule is Cc1ccc(-c2nnc(SC(C)C(=O)NC(N)=O)o2)cc1C. The highest BCUT2D eigenvalue weighted by atomic mass is 32.2.